The number of piperidine rings is 1. The van der Waals surface area contributed by atoms with Crippen LogP contribution in [0.3, 0.4) is 0 Å². The van der Waals surface area contributed by atoms with Gasteiger partial charge >= 0.3 is 0 Å². The van der Waals surface area contributed by atoms with E-state index in [9.17, 15) is 8.42 Å². The summed E-state index contributed by atoms with van der Waals surface area (Å²) in [6.45, 7) is 2.69. The first-order valence-corrected chi connectivity index (χ1v) is 11.9. The Bertz CT molecular complexity index is 1170. The lowest BCUT2D eigenvalue weighted by Crippen LogP contribution is -2.39. The molecular weight excluding hydrogens is 412 g/mol. The molecule has 1 fully saturated rings. The summed E-state index contributed by atoms with van der Waals surface area (Å²) in [5.74, 6) is 0.912. The Hall–Kier alpha value is -2.71. The van der Waals surface area contributed by atoms with Gasteiger partial charge in [0, 0.05) is 55.6 Å². The van der Waals surface area contributed by atoms with Crippen LogP contribution in [0.2, 0.25) is 0 Å². The van der Waals surface area contributed by atoms with Crippen LogP contribution < -0.4 is 4.74 Å². The Morgan fingerprint density at radius 1 is 1.16 bits per heavy atom. The SMILES string of the molecule is COc1ccccc1Cc1cccc([C@@H]2CCCN(S(=O)(=O)c3cn(C)nc3C)C2)n1. The van der Waals surface area contributed by atoms with Crippen LogP contribution in [-0.4, -0.2) is 47.7 Å². The maximum Gasteiger partial charge on any atom is 0.246 e. The lowest BCUT2D eigenvalue weighted by molar-refractivity contribution is 0.312. The minimum atomic E-state index is -3.57. The van der Waals surface area contributed by atoms with Gasteiger partial charge in [-0.25, -0.2) is 8.42 Å². The van der Waals surface area contributed by atoms with Crippen LogP contribution in [0.15, 0.2) is 53.6 Å². The van der Waals surface area contributed by atoms with Crippen molar-refractivity contribution in [2.45, 2.75) is 37.0 Å². The topological polar surface area (TPSA) is 77.3 Å². The fourth-order valence-corrected chi connectivity index (χ4v) is 5.96. The molecule has 0 amide bonds. The van der Waals surface area contributed by atoms with Gasteiger partial charge in [0.15, 0.2) is 0 Å². The molecule has 7 nitrogen and oxygen atoms in total. The molecule has 8 heteroatoms. The number of pyridine rings is 1. The van der Waals surface area contributed by atoms with E-state index in [0.29, 0.717) is 25.2 Å². The fraction of sp³-hybridized carbons (Fsp3) is 0.391. The smallest absolute Gasteiger partial charge is 0.246 e. The average molecular weight is 441 g/mol. The molecule has 1 aliphatic rings. The molecule has 164 valence electrons. The van der Waals surface area contributed by atoms with Gasteiger partial charge < -0.3 is 4.74 Å². The number of nitrogens with zero attached hydrogens (tertiary/aromatic N) is 4. The van der Waals surface area contributed by atoms with Crippen molar-refractivity contribution in [1.29, 1.82) is 0 Å². The molecule has 3 heterocycles. The zero-order valence-corrected chi connectivity index (χ0v) is 19.0. The molecule has 0 saturated carbocycles. The van der Waals surface area contributed by atoms with Gasteiger partial charge in [0.25, 0.3) is 0 Å². The summed E-state index contributed by atoms with van der Waals surface area (Å²) in [4.78, 5) is 5.17. The summed E-state index contributed by atoms with van der Waals surface area (Å²) in [6, 6.07) is 13.9. The number of hydrogen-bond acceptors (Lipinski definition) is 5. The van der Waals surface area contributed by atoms with Crippen molar-refractivity contribution in [1.82, 2.24) is 19.1 Å². The molecule has 0 bridgehead atoms. The van der Waals surface area contributed by atoms with Crippen molar-refractivity contribution in [3.63, 3.8) is 0 Å². The minimum absolute atomic E-state index is 0.0677. The third kappa shape index (κ3) is 4.50. The van der Waals surface area contributed by atoms with E-state index in [2.05, 4.69) is 5.10 Å². The second kappa shape index (κ2) is 8.80. The first-order valence-electron chi connectivity index (χ1n) is 10.5. The standard InChI is InChI=1S/C23H28N4O3S/c1-17-23(16-26(2)25-17)31(28,29)27-13-7-9-19(15-27)21-11-6-10-20(24-21)14-18-8-4-5-12-22(18)30-3/h4-6,8,10-12,16,19H,7,9,13-15H2,1-3H3/t19-/m1/s1. The molecule has 4 rings (SSSR count). The Kier molecular flexibility index (Phi) is 6.11. The summed E-state index contributed by atoms with van der Waals surface area (Å²) < 4.78 is 35.0. The highest BCUT2D eigenvalue weighted by atomic mass is 32.2. The number of sulfonamides is 1. The van der Waals surface area contributed by atoms with E-state index in [0.717, 1.165) is 35.5 Å². The van der Waals surface area contributed by atoms with Crippen LogP contribution in [0.5, 0.6) is 5.75 Å². The number of ether oxygens (including phenoxy) is 1. The van der Waals surface area contributed by atoms with E-state index in [-0.39, 0.29) is 10.8 Å². The van der Waals surface area contributed by atoms with Gasteiger partial charge in [0.05, 0.1) is 12.8 Å². The summed E-state index contributed by atoms with van der Waals surface area (Å²) in [7, 11) is -0.166. The van der Waals surface area contributed by atoms with Crippen molar-refractivity contribution in [2.24, 2.45) is 7.05 Å². The summed E-state index contributed by atoms with van der Waals surface area (Å²) in [6.07, 6.45) is 3.98. The number of methoxy groups -OCH3 is 1. The summed E-state index contributed by atoms with van der Waals surface area (Å²) >= 11 is 0. The molecule has 31 heavy (non-hydrogen) atoms. The highest BCUT2D eigenvalue weighted by molar-refractivity contribution is 7.89. The van der Waals surface area contributed by atoms with Crippen molar-refractivity contribution < 1.29 is 13.2 Å². The lowest BCUT2D eigenvalue weighted by atomic mass is 9.95. The predicted molar refractivity (Wildman–Crippen MR) is 119 cm³/mol. The van der Waals surface area contributed by atoms with E-state index in [1.54, 1.807) is 36.3 Å². The normalized spacial score (nSPS) is 17.6. The monoisotopic (exact) mass is 440 g/mol. The Morgan fingerprint density at radius 2 is 1.97 bits per heavy atom. The van der Waals surface area contributed by atoms with E-state index in [4.69, 9.17) is 9.72 Å². The van der Waals surface area contributed by atoms with Crippen LogP contribution in [0.1, 0.15) is 41.4 Å². The van der Waals surface area contributed by atoms with Gasteiger partial charge in [0.2, 0.25) is 10.0 Å². The lowest BCUT2D eigenvalue weighted by Gasteiger charge is -2.31. The molecule has 0 radical (unpaired) electrons. The quantitative estimate of drug-likeness (QED) is 0.588. The maximum atomic E-state index is 13.2. The van der Waals surface area contributed by atoms with Crippen LogP contribution in [0.4, 0.5) is 0 Å². The first-order chi connectivity index (χ1) is 14.9. The van der Waals surface area contributed by atoms with E-state index < -0.39 is 10.0 Å². The molecule has 1 aliphatic heterocycles. The Morgan fingerprint density at radius 3 is 2.71 bits per heavy atom. The second-order valence-corrected chi connectivity index (χ2v) is 9.90. The molecular formula is C23H28N4O3S. The second-order valence-electron chi connectivity index (χ2n) is 8.00. The fourth-order valence-electron chi connectivity index (χ4n) is 4.24. The number of hydrogen-bond donors (Lipinski definition) is 0. The van der Waals surface area contributed by atoms with Crippen LogP contribution in [-0.2, 0) is 23.5 Å². The largest absolute Gasteiger partial charge is 0.496 e. The third-order valence-electron chi connectivity index (χ3n) is 5.78. The van der Waals surface area contributed by atoms with Crippen molar-refractivity contribution in [3.05, 3.63) is 71.3 Å². The number of benzene rings is 1. The van der Waals surface area contributed by atoms with Crippen LogP contribution >= 0.6 is 0 Å². The molecule has 0 aliphatic carbocycles. The van der Waals surface area contributed by atoms with Crippen molar-refractivity contribution >= 4 is 10.0 Å². The zero-order valence-electron chi connectivity index (χ0n) is 18.2. The number of aromatic nitrogens is 3. The number of rotatable bonds is 6. The van der Waals surface area contributed by atoms with Gasteiger partial charge in [0.1, 0.15) is 10.6 Å². The molecule has 2 aromatic heterocycles. The molecule has 0 N–H and O–H groups in total. The predicted octanol–water partition coefficient (Wildman–Crippen LogP) is 3.29. The van der Waals surface area contributed by atoms with E-state index in [1.807, 2.05) is 42.5 Å². The summed E-state index contributed by atoms with van der Waals surface area (Å²) in [5.41, 5.74) is 3.50. The molecule has 0 spiro atoms. The first kappa shape index (κ1) is 21.5. The third-order valence-corrected chi connectivity index (χ3v) is 7.75. The van der Waals surface area contributed by atoms with E-state index >= 15 is 0 Å². The van der Waals surface area contributed by atoms with Gasteiger partial charge in [-0.3, -0.25) is 9.67 Å². The summed E-state index contributed by atoms with van der Waals surface area (Å²) in [5, 5.41) is 4.20. The van der Waals surface area contributed by atoms with Gasteiger partial charge in [-0.15, -0.1) is 0 Å². The Labute approximate surface area is 183 Å². The average Bonchev–Trinajstić information content (AvgIpc) is 3.13. The molecule has 0 unspecified atom stereocenters. The number of para-hydroxylation sites is 1. The molecule has 3 aromatic rings. The van der Waals surface area contributed by atoms with Gasteiger partial charge in [-0.2, -0.15) is 9.40 Å². The minimum Gasteiger partial charge on any atom is -0.496 e. The highest BCUT2D eigenvalue weighted by Crippen LogP contribution is 2.30. The highest BCUT2D eigenvalue weighted by Gasteiger charge is 2.33. The van der Waals surface area contributed by atoms with Gasteiger partial charge in [-0.1, -0.05) is 24.3 Å². The van der Waals surface area contributed by atoms with Gasteiger partial charge in [-0.05, 0) is 38.0 Å². The molecule has 1 saturated heterocycles. The van der Waals surface area contributed by atoms with E-state index in [1.165, 1.54) is 0 Å². The van der Waals surface area contributed by atoms with Crippen LogP contribution in [0.25, 0.3) is 0 Å². The molecule has 1 atom stereocenters. The van der Waals surface area contributed by atoms with Crippen LogP contribution in [0, 0.1) is 6.92 Å². The Balaban J connectivity index is 1.55. The number of aryl methyl sites for hydroxylation is 2. The zero-order chi connectivity index (χ0) is 22.0. The molecule has 1 aromatic carbocycles. The van der Waals surface area contributed by atoms with Crippen molar-refractivity contribution in [2.75, 3.05) is 20.2 Å². The maximum absolute atomic E-state index is 13.2. The van der Waals surface area contributed by atoms with Crippen molar-refractivity contribution in [3.8, 4) is 5.75 Å².